The summed E-state index contributed by atoms with van der Waals surface area (Å²) in [5.74, 6) is 1.51. The third-order valence-electron chi connectivity index (χ3n) is 6.01. The highest BCUT2D eigenvalue weighted by atomic mass is 16.5. The molecule has 2 saturated heterocycles. The third kappa shape index (κ3) is 4.85. The van der Waals surface area contributed by atoms with E-state index in [1.807, 2.05) is 24.3 Å². The molecule has 4 rings (SSSR count). The molecule has 0 aliphatic carbocycles. The Morgan fingerprint density at radius 1 is 1.10 bits per heavy atom. The minimum Gasteiger partial charge on any atom is -0.379 e. The van der Waals surface area contributed by atoms with Crippen molar-refractivity contribution >= 4 is 22.5 Å². The van der Waals surface area contributed by atoms with E-state index >= 15 is 0 Å². The van der Waals surface area contributed by atoms with Gasteiger partial charge < -0.3 is 15.0 Å². The summed E-state index contributed by atoms with van der Waals surface area (Å²) in [4.78, 5) is 17.5. The standard InChI is InChI=1S/C22H31N5O2/c1-17-7-11-27(12-8-17)21-19-6-3-2-5-18(19)20(24-25-21)22(28)23-9-4-10-26-13-15-29-16-14-26/h2-3,5-6,17H,4,7-16H2,1H3,(H,23,28). The van der Waals surface area contributed by atoms with E-state index in [9.17, 15) is 4.79 Å². The van der Waals surface area contributed by atoms with Crippen LogP contribution in [0.15, 0.2) is 24.3 Å². The molecule has 0 saturated carbocycles. The highest BCUT2D eigenvalue weighted by Crippen LogP contribution is 2.29. The zero-order valence-electron chi connectivity index (χ0n) is 17.3. The van der Waals surface area contributed by atoms with Crippen LogP contribution in [-0.4, -0.2) is 73.5 Å². The van der Waals surface area contributed by atoms with E-state index < -0.39 is 0 Å². The average Bonchev–Trinajstić information content (AvgIpc) is 2.77. The monoisotopic (exact) mass is 397 g/mol. The van der Waals surface area contributed by atoms with Crippen molar-refractivity contribution in [3.63, 3.8) is 0 Å². The van der Waals surface area contributed by atoms with E-state index in [4.69, 9.17) is 4.74 Å². The quantitative estimate of drug-likeness (QED) is 0.755. The van der Waals surface area contributed by atoms with Crippen LogP contribution in [0.25, 0.3) is 10.8 Å². The molecule has 1 N–H and O–H groups in total. The molecule has 2 fully saturated rings. The van der Waals surface area contributed by atoms with E-state index in [1.165, 1.54) is 12.8 Å². The predicted octanol–water partition coefficient (Wildman–Crippen LogP) is 2.32. The molecule has 0 unspecified atom stereocenters. The molecule has 1 aromatic carbocycles. The van der Waals surface area contributed by atoms with E-state index in [0.717, 1.165) is 74.9 Å². The van der Waals surface area contributed by atoms with E-state index in [0.29, 0.717) is 12.2 Å². The van der Waals surface area contributed by atoms with Crippen molar-refractivity contribution in [1.29, 1.82) is 0 Å². The minimum atomic E-state index is -0.144. The van der Waals surface area contributed by atoms with Crippen LogP contribution in [0.1, 0.15) is 36.7 Å². The second kappa shape index (κ2) is 9.50. The van der Waals surface area contributed by atoms with Crippen molar-refractivity contribution < 1.29 is 9.53 Å². The zero-order valence-corrected chi connectivity index (χ0v) is 17.3. The summed E-state index contributed by atoms with van der Waals surface area (Å²) in [6.45, 7) is 9.45. The van der Waals surface area contributed by atoms with E-state index in [1.54, 1.807) is 0 Å². The Morgan fingerprint density at radius 3 is 2.59 bits per heavy atom. The highest BCUT2D eigenvalue weighted by Gasteiger charge is 2.22. The molecule has 7 heteroatoms. The number of carbonyl (C=O) groups excluding carboxylic acids is 1. The largest absolute Gasteiger partial charge is 0.379 e. The zero-order chi connectivity index (χ0) is 20.1. The number of piperidine rings is 1. The fourth-order valence-corrected chi connectivity index (χ4v) is 4.12. The molecule has 1 amide bonds. The molecule has 156 valence electrons. The molecule has 1 aromatic heterocycles. The van der Waals surface area contributed by atoms with Crippen molar-refractivity contribution in [2.75, 3.05) is 57.4 Å². The van der Waals surface area contributed by atoms with Gasteiger partial charge in [-0.1, -0.05) is 31.2 Å². The summed E-state index contributed by atoms with van der Waals surface area (Å²) in [5.41, 5.74) is 0.418. The topological polar surface area (TPSA) is 70.6 Å². The number of hydrogen-bond acceptors (Lipinski definition) is 6. The summed E-state index contributed by atoms with van der Waals surface area (Å²) >= 11 is 0. The van der Waals surface area contributed by atoms with Gasteiger partial charge in [-0.3, -0.25) is 9.69 Å². The molecular formula is C22H31N5O2. The summed E-state index contributed by atoms with van der Waals surface area (Å²) in [7, 11) is 0. The van der Waals surface area contributed by atoms with Gasteiger partial charge in [0.2, 0.25) is 0 Å². The first-order valence-corrected chi connectivity index (χ1v) is 10.8. The van der Waals surface area contributed by atoms with Gasteiger partial charge in [0.05, 0.1) is 13.2 Å². The number of morpholine rings is 1. The Morgan fingerprint density at radius 2 is 1.83 bits per heavy atom. The maximum Gasteiger partial charge on any atom is 0.272 e. The molecule has 0 spiro atoms. The van der Waals surface area contributed by atoms with Crippen molar-refractivity contribution in [2.45, 2.75) is 26.2 Å². The molecule has 29 heavy (non-hydrogen) atoms. The predicted molar refractivity (Wildman–Crippen MR) is 114 cm³/mol. The van der Waals surface area contributed by atoms with Gasteiger partial charge >= 0.3 is 0 Å². The fraction of sp³-hybridized carbons (Fsp3) is 0.591. The lowest BCUT2D eigenvalue weighted by molar-refractivity contribution is 0.0374. The van der Waals surface area contributed by atoms with Crippen molar-refractivity contribution in [2.24, 2.45) is 5.92 Å². The number of amides is 1. The number of ether oxygens (including phenoxy) is 1. The number of nitrogens with one attached hydrogen (secondary N) is 1. The number of nitrogens with zero attached hydrogens (tertiary/aromatic N) is 4. The van der Waals surface area contributed by atoms with Gasteiger partial charge in [0.25, 0.3) is 5.91 Å². The van der Waals surface area contributed by atoms with Crippen LogP contribution in [-0.2, 0) is 4.74 Å². The lowest BCUT2D eigenvalue weighted by Gasteiger charge is -2.31. The lowest BCUT2D eigenvalue weighted by Crippen LogP contribution is -2.38. The van der Waals surface area contributed by atoms with E-state index in [2.05, 4.69) is 32.2 Å². The van der Waals surface area contributed by atoms with Crippen LogP contribution >= 0.6 is 0 Å². The van der Waals surface area contributed by atoms with Crippen LogP contribution in [0.4, 0.5) is 5.82 Å². The number of fused-ring (bicyclic) bond motifs is 1. The second-order valence-electron chi connectivity index (χ2n) is 8.15. The Balaban J connectivity index is 1.42. The first-order valence-electron chi connectivity index (χ1n) is 10.8. The maximum atomic E-state index is 12.8. The van der Waals surface area contributed by atoms with E-state index in [-0.39, 0.29) is 5.91 Å². The smallest absolute Gasteiger partial charge is 0.272 e. The first-order chi connectivity index (χ1) is 14.2. The summed E-state index contributed by atoms with van der Waals surface area (Å²) in [6, 6.07) is 7.99. The number of rotatable bonds is 6. The van der Waals surface area contributed by atoms with Gasteiger partial charge in [-0.05, 0) is 31.7 Å². The summed E-state index contributed by atoms with van der Waals surface area (Å²) in [6.07, 6.45) is 3.25. The molecule has 0 bridgehead atoms. The van der Waals surface area contributed by atoms with Gasteiger partial charge in [0, 0.05) is 43.5 Å². The number of anilines is 1. The number of aromatic nitrogens is 2. The highest BCUT2D eigenvalue weighted by molar-refractivity contribution is 6.07. The molecule has 0 radical (unpaired) electrons. The summed E-state index contributed by atoms with van der Waals surface area (Å²) < 4.78 is 5.37. The molecule has 3 heterocycles. The van der Waals surface area contributed by atoms with Crippen molar-refractivity contribution in [1.82, 2.24) is 20.4 Å². The van der Waals surface area contributed by atoms with Gasteiger partial charge in [0.1, 0.15) is 0 Å². The number of carbonyl (C=O) groups is 1. The lowest BCUT2D eigenvalue weighted by atomic mass is 9.99. The van der Waals surface area contributed by atoms with Crippen LogP contribution < -0.4 is 10.2 Å². The molecule has 0 atom stereocenters. The van der Waals surface area contributed by atoms with Crippen molar-refractivity contribution in [3.8, 4) is 0 Å². The maximum absolute atomic E-state index is 12.8. The summed E-state index contributed by atoms with van der Waals surface area (Å²) in [5, 5.41) is 13.7. The van der Waals surface area contributed by atoms with Crippen molar-refractivity contribution in [3.05, 3.63) is 30.0 Å². The van der Waals surface area contributed by atoms with Crippen LogP contribution in [0, 0.1) is 5.92 Å². The fourth-order valence-electron chi connectivity index (χ4n) is 4.12. The first kappa shape index (κ1) is 20.0. The third-order valence-corrected chi connectivity index (χ3v) is 6.01. The van der Waals surface area contributed by atoms with Crippen LogP contribution in [0.5, 0.6) is 0 Å². The SMILES string of the molecule is CC1CCN(c2nnc(C(=O)NCCCN3CCOCC3)c3ccccc23)CC1. The molecule has 2 aromatic rings. The van der Waals surface area contributed by atoms with Gasteiger partial charge in [-0.15, -0.1) is 10.2 Å². The van der Waals surface area contributed by atoms with Crippen LogP contribution in [0.2, 0.25) is 0 Å². The number of benzene rings is 1. The average molecular weight is 398 g/mol. The van der Waals surface area contributed by atoms with Crippen LogP contribution in [0.3, 0.4) is 0 Å². The Labute approximate surface area is 172 Å². The van der Waals surface area contributed by atoms with Gasteiger partial charge in [-0.2, -0.15) is 0 Å². The Hall–Kier alpha value is -2.25. The second-order valence-corrected chi connectivity index (χ2v) is 8.15. The Bertz CT molecular complexity index is 829. The number of hydrogen-bond donors (Lipinski definition) is 1. The minimum absolute atomic E-state index is 0.144. The normalized spacial score (nSPS) is 18.9. The van der Waals surface area contributed by atoms with Gasteiger partial charge in [-0.25, -0.2) is 0 Å². The van der Waals surface area contributed by atoms with Gasteiger partial charge in [0.15, 0.2) is 11.5 Å². The molecule has 7 nitrogen and oxygen atoms in total. The Kier molecular flexibility index (Phi) is 6.56. The molecular weight excluding hydrogens is 366 g/mol. The molecule has 2 aliphatic heterocycles. The molecule has 2 aliphatic rings.